The van der Waals surface area contributed by atoms with Gasteiger partial charge < -0.3 is 10.2 Å². The number of hydrogen-bond donors (Lipinski definition) is 1. The Labute approximate surface area is 168 Å². The summed E-state index contributed by atoms with van der Waals surface area (Å²) < 4.78 is 26.5. The van der Waals surface area contributed by atoms with Gasteiger partial charge in [-0.15, -0.1) is 0 Å². The van der Waals surface area contributed by atoms with Crippen LogP contribution in [0.2, 0.25) is 0 Å². The summed E-state index contributed by atoms with van der Waals surface area (Å²) in [5, 5.41) is 11.4. The Balaban J connectivity index is 1.86. The van der Waals surface area contributed by atoms with Gasteiger partial charge in [-0.05, 0) is 50.1 Å². The largest absolute Gasteiger partial charge is 0.352 e. The SMILES string of the molecule is CCN(C(=O)CCCNC(=O)c1ccc(F)cc1F)C(C)c1ccc(C#N)cc1. The highest BCUT2D eigenvalue weighted by Crippen LogP contribution is 2.21. The van der Waals surface area contributed by atoms with Crippen LogP contribution in [0.5, 0.6) is 0 Å². The molecule has 7 heteroatoms. The highest BCUT2D eigenvalue weighted by molar-refractivity contribution is 5.94. The third kappa shape index (κ3) is 5.85. The second kappa shape index (κ2) is 10.3. The van der Waals surface area contributed by atoms with Crippen molar-refractivity contribution >= 4 is 11.8 Å². The molecule has 2 amide bonds. The Morgan fingerprint density at radius 1 is 1.17 bits per heavy atom. The average Bonchev–Trinajstić information content (AvgIpc) is 2.71. The maximum atomic E-state index is 13.6. The molecule has 29 heavy (non-hydrogen) atoms. The van der Waals surface area contributed by atoms with Gasteiger partial charge in [-0.1, -0.05) is 12.1 Å². The maximum Gasteiger partial charge on any atom is 0.254 e. The van der Waals surface area contributed by atoms with Gasteiger partial charge in [0.05, 0.1) is 23.2 Å². The molecule has 2 aromatic carbocycles. The van der Waals surface area contributed by atoms with Crippen LogP contribution in [-0.2, 0) is 4.79 Å². The first kappa shape index (κ1) is 22.0. The molecule has 1 unspecified atom stereocenters. The molecule has 152 valence electrons. The van der Waals surface area contributed by atoms with Crippen molar-refractivity contribution in [3.05, 3.63) is 70.8 Å². The fourth-order valence-corrected chi connectivity index (χ4v) is 3.04. The molecule has 0 aromatic heterocycles. The molecule has 0 bridgehead atoms. The molecule has 0 aliphatic heterocycles. The van der Waals surface area contributed by atoms with Crippen molar-refractivity contribution in [2.45, 2.75) is 32.7 Å². The van der Waals surface area contributed by atoms with Gasteiger partial charge in [0.1, 0.15) is 11.6 Å². The van der Waals surface area contributed by atoms with Gasteiger partial charge in [-0.25, -0.2) is 8.78 Å². The smallest absolute Gasteiger partial charge is 0.254 e. The normalized spacial score (nSPS) is 11.4. The number of benzene rings is 2. The molecule has 0 radical (unpaired) electrons. The van der Waals surface area contributed by atoms with Crippen molar-refractivity contribution in [2.24, 2.45) is 0 Å². The number of rotatable bonds is 8. The van der Waals surface area contributed by atoms with Crippen LogP contribution in [0, 0.1) is 23.0 Å². The Morgan fingerprint density at radius 2 is 1.86 bits per heavy atom. The number of nitrogens with one attached hydrogen (secondary N) is 1. The van der Waals surface area contributed by atoms with E-state index in [1.165, 1.54) is 0 Å². The predicted octanol–water partition coefficient (Wildman–Crippen LogP) is 3.96. The molecular weight excluding hydrogens is 376 g/mol. The Morgan fingerprint density at radius 3 is 2.45 bits per heavy atom. The van der Waals surface area contributed by atoms with Gasteiger partial charge in [0.2, 0.25) is 5.91 Å². The molecular formula is C22H23F2N3O2. The lowest BCUT2D eigenvalue weighted by atomic mass is 10.0. The van der Waals surface area contributed by atoms with Crippen LogP contribution in [0.15, 0.2) is 42.5 Å². The monoisotopic (exact) mass is 399 g/mol. The summed E-state index contributed by atoms with van der Waals surface area (Å²) in [6.07, 6.45) is 0.616. The third-order valence-corrected chi connectivity index (χ3v) is 4.68. The van der Waals surface area contributed by atoms with Crippen molar-refractivity contribution in [1.82, 2.24) is 10.2 Å². The van der Waals surface area contributed by atoms with Crippen molar-refractivity contribution in [2.75, 3.05) is 13.1 Å². The summed E-state index contributed by atoms with van der Waals surface area (Å²) in [6.45, 7) is 4.52. The minimum absolute atomic E-state index is 0.0634. The summed E-state index contributed by atoms with van der Waals surface area (Å²) in [6, 6.07) is 11.8. The second-order valence-corrected chi connectivity index (χ2v) is 6.57. The van der Waals surface area contributed by atoms with E-state index >= 15 is 0 Å². The highest BCUT2D eigenvalue weighted by Gasteiger charge is 2.20. The Kier molecular flexibility index (Phi) is 7.84. The van der Waals surface area contributed by atoms with Gasteiger partial charge in [0, 0.05) is 25.6 Å². The van der Waals surface area contributed by atoms with Gasteiger partial charge in [0.25, 0.3) is 5.91 Å². The van der Waals surface area contributed by atoms with E-state index in [-0.39, 0.29) is 30.5 Å². The summed E-state index contributed by atoms with van der Waals surface area (Å²) in [5.74, 6) is -2.38. The minimum Gasteiger partial charge on any atom is -0.352 e. The van der Waals surface area contributed by atoms with E-state index in [0.29, 0.717) is 24.6 Å². The topological polar surface area (TPSA) is 73.2 Å². The van der Waals surface area contributed by atoms with Crippen LogP contribution in [-0.4, -0.2) is 29.8 Å². The van der Waals surface area contributed by atoms with Crippen LogP contribution >= 0.6 is 0 Å². The molecule has 2 rings (SSSR count). The lowest BCUT2D eigenvalue weighted by Gasteiger charge is -2.28. The first-order valence-electron chi connectivity index (χ1n) is 9.40. The zero-order chi connectivity index (χ0) is 21.4. The number of nitrogens with zero attached hydrogens (tertiary/aromatic N) is 2. The molecule has 0 saturated carbocycles. The number of amides is 2. The van der Waals surface area contributed by atoms with Crippen LogP contribution in [0.4, 0.5) is 8.78 Å². The molecule has 0 heterocycles. The summed E-state index contributed by atoms with van der Waals surface area (Å²) in [4.78, 5) is 26.3. The van der Waals surface area contributed by atoms with E-state index in [9.17, 15) is 18.4 Å². The van der Waals surface area contributed by atoms with E-state index < -0.39 is 17.5 Å². The van der Waals surface area contributed by atoms with Gasteiger partial charge in [0.15, 0.2) is 0 Å². The van der Waals surface area contributed by atoms with Crippen molar-refractivity contribution in [1.29, 1.82) is 5.26 Å². The molecule has 5 nitrogen and oxygen atoms in total. The van der Waals surface area contributed by atoms with Crippen LogP contribution in [0.25, 0.3) is 0 Å². The van der Waals surface area contributed by atoms with Crippen molar-refractivity contribution in [3.8, 4) is 6.07 Å². The number of carbonyl (C=O) groups is 2. The first-order valence-corrected chi connectivity index (χ1v) is 9.40. The Hall–Kier alpha value is -3.27. The van der Waals surface area contributed by atoms with Crippen LogP contribution in [0.3, 0.4) is 0 Å². The maximum absolute atomic E-state index is 13.6. The molecule has 1 N–H and O–H groups in total. The van der Waals surface area contributed by atoms with Crippen molar-refractivity contribution in [3.63, 3.8) is 0 Å². The van der Waals surface area contributed by atoms with Gasteiger partial charge >= 0.3 is 0 Å². The highest BCUT2D eigenvalue weighted by atomic mass is 19.1. The lowest BCUT2D eigenvalue weighted by Crippen LogP contribution is -2.34. The minimum atomic E-state index is -0.924. The van der Waals surface area contributed by atoms with Gasteiger partial charge in [-0.3, -0.25) is 9.59 Å². The van der Waals surface area contributed by atoms with E-state index in [1.807, 2.05) is 26.0 Å². The fraction of sp³-hybridized carbons (Fsp3) is 0.318. The summed E-state index contributed by atoms with van der Waals surface area (Å²) in [5.41, 5.74) is 1.25. The Bertz CT molecular complexity index is 907. The molecule has 0 aliphatic carbocycles. The molecule has 0 fully saturated rings. The molecule has 0 spiro atoms. The summed E-state index contributed by atoms with van der Waals surface area (Å²) in [7, 11) is 0. The first-order chi connectivity index (χ1) is 13.9. The molecule has 0 aliphatic rings. The van der Waals surface area contributed by atoms with E-state index in [2.05, 4.69) is 11.4 Å². The standard InChI is InChI=1S/C22H23F2N3O2/c1-3-27(15(2)17-8-6-16(14-25)7-9-17)21(28)5-4-12-26-22(29)19-11-10-18(23)13-20(19)24/h6-11,13,15H,3-5,12H2,1-2H3,(H,26,29). The van der Waals surface area contributed by atoms with E-state index in [1.54, 1.807) is 17.0 Å². The average molecular weight is 399 g/mol. The van der Waals surface area contributed by atoms with E-state index in [4.69, 9.17) is 5.26 Å². The second-order valence-electron chi connectivity index (χ2n) is 6.57. The number of hydrogen-bond acceptors (Lipinski definition) is 3. The lowest BCUT2D eigenvalue weighted by molar-refractivity contribution is -0.133. The number of halogens is 2. The van der Waals surface area contributed by atoms with Gasteiger partial charge in [-0.2, -0.15) is 5.26 Å². The number of carbonyl (C=O) groups excluding carboxylic acids is 2. The number of nitriles is 1. The zero-order valence-corrected chi connectivity index (χ0v) is 16.4. The van der Waals surface area contributed by atoms with E-state index in [0.717, 1.165) is 17.7 Å². The quantitative estimate of drug-likeness (QED) is 0.683. The van der Waals surface area contributed by atoms with Crippen LogP contribution < -0.4 is 5.32 Å². The van der Waals surface area contributed by atoms with Crippen LogP contribution in [0.1, 0.15) is 54.2 Å². The predicted molar refractivity (Wildman–Crippen MR) is 105 cm³/mol. The summed E-state index contributed by atoms with van der Waals surface area (Å²) >= 11 is 0. The molecule has 0 saturated heterocycles. The fourth-order valence-electron chi connectivity index (χ4n) is 3.04. The molecule has 1 atom stereocenters. The molecule has 2 aromatic rings. The zero-order valence-electron chi connectivity index (χ0n) is 16.4. The third-order valence-electron chi connectivity index (χ3n) is 4.68. The van der Waals surface area contributed by atoms with Crippen molar-refractivity contribution < 1.29 is 18.4 Å².